The van der Waals surface area contributed by atoms with Crippen LogP contribution in [-0.4, -0.2) is 34.5 Å². The largest absolute Gasteiger partial charge is 0.395 e. The summed E-state index contributed by atoms with van der Waals surface area (Å²) in [6, 6.07) is 6.28. The molecular formula is C15H20N2O2. The van der Waals surface area contributed by atoms with Crippen LogP contribution in [0.25, 0.3) is 11.0 Å². The third-order valence-corrected chi connectivity index (χ3v) is 4.10. The van der Waals surface area contributed by atoms with Crippen molar-refractivity contribution >= 4 is 11.0 Å². The minimum absolute atomic E-state index is 0.127. The Balaban J connectivity index is 2.11. The summed E-state index contributed by atoms with van der Waals surface area (Å²) in [5, 5.41) is 9.60. The van der Waals surface area contributed by atoms with Crippen molar-refractivity contribution in [2.75, 3.05) is 19.8 Å². The molecule has 0 bridgehead atoms. The number of nitrogens with zero attached hydrogens (tertiary/aromatic N) is 2. The van der Waals surface area contributed by atoms with E-state index in [0.717, 1.165) is 22.4 Å². The molecule has 1 fully saturated rings. The molecule has 19 heavy (non-hydrogen) atoms. The maximum absolute atomic E-state index is 9.60. The molecule has 102 valence electrons. The molecule has 4 heteroatoms. The number of hydrogen-bond acceptors (Lipinski definition) is 3. The summed E-state index contributed by atoms with van der Waals surface area (Å²) in [5.74, 6) is 1.50. The fourth-order valence-electron chi connectivity index (χ4n) is 2.76. The van der Waals surface area contributed by atoms with Gasteiger partial charge in [-0.3, -0.25) is 0 Å². The van der Waals surface area contributed by atoms with Crippen molar-refractivity contribution < 1.29 is 9.84 Å². The number of aromatic nitrogens is 2. The molecule has 1 N–H and O–H groups in total. The highest BCUT2D eigenvalue weighted by Gasteiger charge is 2.40. The van der Waals surface area contributed by atoms with Gasteiger partial charge < -0.3 is 14.4 Å². The molecule has 0 radical (unpaired) electrons. The van der Waals surface area contributed by atoms with Crippen LogP contribution >= 0.6 is 0 Å². The number of aliphatic hydroxyl groups excluding tert-OH is 1. The second-order valence-electron chi connectivity index (χ2n) is 5.82. The Bertz CT molecular complexity index is 606. The first-order valence-corrected chi connectivity index (χ1v) is 6.73. The average molecular weight is 260 g/mol. The normalized spacial score (nSPS) is 17.9. The summed E-state index contributed by atoms with van der Waals surface area (Å²) in [6.45, 7) is 5.62. The van der Waals surface area contributed by atoms with Crippen LogP contribution in [0.2, 0.25) is 0 Å². The molecule has 3 rings (SSSR count). The van der Waals surface area contributed by atoms with E-state index in [-0.39, 0.29) is 12.0 Å². The lowest BCUT2D eigenvalue weighted by Gasteiger charge is -2.40. The summed E-state index contributed by atoms with van der Waals surface area (Å²) in [5.41, 5.74) is 3.05. The molecule has 1 aromatic heterocycles. The molecule has 2 heterocycles. The van der Waals surface area contributed by atoms with Gasteiger partial charge in [0.2, 0.25) is 0 Å². The van der Waals surface area contributed by atoms with Crippen molar-refractivity contribution in [1.29, 1.82) is 0 Å². The summed E-state index contributed by atoms with van der Waals surface area (Å²) < 4.78 is 7.42. The van der Waals surface area contributed by atoms with Gasteiger partial charge in [-0.25, -0.2) is 4.98 Å². The highest BCUT2D eigenvalue weighted by atomic mass is 16.5. The monoisotopic (exact) mass is 260 g/mol. The van der Waals surface area contributed by atoms with Crippen LogP contribution in [-0.2, 0) is 17.2 Å². The van der Waals surface area contributed by atoms with Crippen LogP contribution in [0.4, 0.5) is 0 Å². The first-order valence-electron chi connectivity index (χ1n) is 6.73. The van der Waals surface area contributed by atoms with E-state index in [1.165, 1.54) is 0 Å². The van der Waals surface area contributed by atoms with Crippen molar-refractivity contribution in [1.82, 2.24) is 9.55 Å². The number of benzene rings is 1. The van der Waals surface area contributed by atoms with Crippen LogP contribution in [0.3, 0.4) is 0 Å². The number of fused-ring (bicyclic) bond motifs is 1. The first kappa shape index (κ1) is 12.6. The summed E-state index contributed by atoms with van der Waals surface area (Å²) in [7, 11) is 2.05. The molecule has 1 aromatic carbocycles. The van der Waals surface area contributed by atoms with E-state index in [1.54, 1.807) is 0 Å². The van der Waals surface area contributed by atoms with E-state index in [2.05, 4.69) is 43.7 Å². The first-order chi connectivity index (χ1) is 9.07. The van der Waals surface area contributed by atoms with Crippen molar-refractivity contribution in [2.24, 2.45) is 7.05 Å². The minimum Gasteiger partial charge on any atom is -0.395 e. The second kappa shape index (κ2) is 4.32. The Morgan fingerprint density at radius 2 is 2.16 bits per heavy atom. The lowest BCUT2D eigenvalue weighted by molar-refractivity contribution is -0.0841. The van der Waals surface area contributed by atoms with Crippen molar-refractivity contribution in [3.8, 4) is 0 Å². The fraction of sp³-hybridized carbons (Fsp3) is 0.533. The Morgan fingerprint density at radius 3 is 2.68 bits per heavy atom. The Kier molecular flexibility index (Phi) is 2.87. The van der Waals surface area contributed by atoms with Gasteiger partial charge in [0, 0.05) is 13.0 Å². The van der Waals surface area contributed by atoms with E-state index in [4.69, 9.17) is 9.72 Å². The van der Waals surface area contributed by atoms with Gasteiger partial charge >= 0.3 is 0 Å². The van der Waals surface area contributed by atoms with E-state index in [0.29, 0.717) is 19.1 Å². The lowest BCUT2D eigenvalue weighted by atomic mass is 9.79. The Morgan fingerprint density at radius 1 is 1.42 bits per heavy atom. The average Bonchev–Trinajstić information content (AvgIpc) is 2.66. The van der Waals surface area contributed by atoms with Gasteiger partial charge in [0.15, 0.2) is 0 Å². The summed E-state index contributed by atoms with van der Waals surface area (Å²) in [6.07, 6.45) is 0. The highest BCUT2D eigenvalue weighted by molar-refractivity contribution is 5.77. The van der Waals surface area contributed by atoms with Crippen LogP contribution < -0.4 is 0 Å². The molecule has 0 atom stereocenters. The molecule has 2 aromatic rings. The SMILES string of the molecule is CC(C)c1nc2cc(C3(CO)COC3)ccc2n1C. The molecule has 0 amide bonds. The van der Waals surface area contributed by atoms with E-state index in [1.807, 2.05) is 0 Å². The molecular weight excluding hydrogens is 240 g/mol. The predicted molar refractivity (Wildman–Crippen MR) is 74.4 cm³/mol. The topological polar surface area (TPSA) is 47.3 Å². The zero-order chi connectivity index (χ0) is 13.6. The zero-order valence-corrected chi connectivity index (χ0v) is 11.7. The molecule has 4 nitrogen and oxygen atoms in total. The lowest BCUT2D eigenvalue weighted by Crippen LogP contribution is -2.49. The van der Waals surface area contributed by atoms with Gasteiger partial charge in [-0.15, -0.1) is 0 Å². The third kappa shape index (κ3) is 1.78. The quantitative estimate of drug-likeness (QED) is 0.917. The molecule has 0 unspecified atom stereocenters. The number of rotatable bonds is 3. The third-order valence-electron chi connectivity index (χ3n) is 4.10. The molecule has 1 aliphatic rings. The number of ether oxygens (including phenoxy) is 1. The molecule has 1 aliphatic heterocycles. The Labute approximate surface area is 113 Å². The number of aryl methyl sites for hydroxylation is 1. The molecule has 0 aliphatic carbocycles. The van der Waals surface area contributed by atoms with Gasteiger partial charge in [0.1, 0.15) is 5.82 Å². The summed E-state index contributed by atoms with van der Waals surface area (Å²) in [4.78, 5) is 4.72. The summed E-state index contributed by atoms with van der Waals surface area (Å²) >= 11 is 0. The molecule has 1 saturated heterocycles. The van der Waals surface area contributed by atoms with Gasteiger partial charge in [0.05, 0.1) is 36.3 Å². The molecule has 0 spiro atoms. The van der Waals surface area contributed by atoms with Gasteiger partial charge in [-0.05, 0) is 17.7 Å². The van der Waals surface area contributed by atoms with Gasteiger partial charge in [0.25, 0.3) is 0 Å². The van der Waals surface area contributed by atoms with E-state index in [9.17, 15) is 5.11 Å². The van der Waals surface area contributed by atoms with Gasteiger partial charge in [-0.1, -0.05) is 19.9 Å². The minimum atomic E-state index is -0.219. The van der Waals surface area contributed by atoms with Crippen molar-refractivity contribution in [3.05, 3.63) is 29.6 Å². The van der Waals surface area contributed by atoms with E-state index >= 15 is 0 Å². The van der Waals surface area contributed by atoms with Crippen molar-refractivity contribution in [2.45, 2.75) is 25.2 Å². The maximum atomic E-state index is 9.60. The zero-order valence-electron chi connectivity index (χ0n) is 11.7. The van der Waals surface area contributed by atoms with Crippen LogP contribution in [0.1, 0.15) is 31.2 Å². The van der Waals surface area contributed by atoms with E-state index < -0.39 is 0 Å². The van der Waals surface area contributed by atoms with Crippen LogP contribution in [0.5, 0.6) is 0 Å². The Hall–Kier alpha value is -1.39. The van der Waals surface area contributed by atoms with Crippen LogP contribution in [0.15, 0.2) is 18.2 Å². The predicted octanol–water partition coefficient (Wildman–Crippen LogP) is 1.96. The second-order valence-corrected chi connectivity index (χ2v) is 5.82. The number of imidazole rings is 1. The fourth-order valence-corrected chi connectivity index (χ4v) is 2.76. The number of aliphatic hydroxyl groups is 1. The van der Waals surface area contributed by atoms with Crippen molar-refractivity contribution in [3.63, 3.8) is 0 Å². The number of hydrogen-bond donors (Lipinski definition) is 1. The van der Waals surface area contributed by atoms with Gasteiger partial charge in [-0.2, -0.15) is 0 Å². The highest BCUT2D eigenvalue weighted by Crippen LogP contribution is 2.34. The van der Waals surface area contributed by atoms with Crippen LogP contribution in [0, 0.1) is 0 Å². The molecule has 0 saturated carbocycles. The standard InChI is InChI=1S/C15H20N2O2/c1-10(2)14-16-12-6-11(4-5-13(12)17(14)3)15(7-18)8-19-9-15/h4-6,10,18H,7-9H2,1-3H3. The maximum Gasteiger partial charge on any atom is 0.112 e. The smallest absolute Gasteiger partial charge is 0.112 e.